The number of nitrogens with zero attached hydrogens (tertiary/aromatic N) is 1. The smallest absolute Gasteiger partial charge is 0.0864 e. The molecule has 0 aliphatic carbocycles. The van der Waals surface area contributed by atoms with Crippen LogP contribution in [-0.4, -0.2) is 13.4 Å². The first kappa shape index (κ1) is 8.53. The molecule has 1 aromatic rings. The summed E-state index contributed by atoms with van der Waals surface area (Å²) in [5.41, 5.74) is 1.94. The van der Waals surface area contributed by atoms with Crippen LogP contribution in [0.15, 0.2) is 41.9 Å². The maximum Gasteiger partial charge on any atom is 0.0864 e. The van der Waals surface area contributed by atoms with Gasteiger partial charge in [-0.2, -0.15) is 0 Å². The lowest BCUT2D eigenvalue weighted by atomic mass is 10.2. The zero-order chi connectivity index (χ0) is 8.81. The molecule has 62 valence electrons. The van der Waals surface area contributed by atoms with E-state index in [1.807, 2.05) is 30.3 Å². The monoisotopic (exact) mass is 160 g/mol. The van der Waals surface area contributed by atoms with Crippen molar-refractivity contribution < 1.29 is 0 Å². The minimum Gasteiger partial charge on any atom is -0.347 e. The molecule has 0 saturated heterocycles. The van der Waals surface area contributed by atoms with Crippen molar-refractivity contribution in [2.75, 3.05) is 7.05 Å². The molecule has 0 aliphatic heterocycles. The number of aliphatic imine (C=N–C) groups is 1. The Kier molecular flexibility index (Phi) is 3.08. The standard InChI is InChI=1S/C10H12N2/c1-9(12-8-11-2)10-6-4-3-5-7-10/h3-8H,1H2,2H3,(H,11,12). The van der Waals surface area contributed by atoms with E-state index >= 15 is 0 Å². The van der Waals surface area contributed by atoms with Crippen LogP contribution in [0.5, 0.6) is 0 Å². The van der Waals surface area contributed by atoms with Gasteiger partial charge < -0.3 is 5.32 Å². The summed E-state index contributed by atoms with van der Waals surface area (Å²) in [5.74, 6) is 0. The van der Waals surface area contributed by atoms with Crippen molar-refractivity contribution in [2.24, 2.45) is 4.99 Å². The number of rotatable bonds is 3. The first-order chi connectivity index (χ1) is 5.84. The Morgan fingerprint density at radius 2 is 2.08 bits per heavy atom. The van der Waals surface area contributed by atoms with E-state index in [9.17, 15) is 0 Å². The predicted molar refractivity (Wildman–Crippen MR) is 53.0 cm³/mol. The van der Waals surface area contributed by atoms with Gasteiger partial charge in [-0.1, -0.05) is 36.9 Å². The van der Waals surface area contributed by atoms with Crippen molar-refractivity contribution in [1.82, 2.24) is 5.32 Å². The van der Waals surface area contributed by atoms with E-state index in [-0.39, 0.29) is 0 Å². The zero-order valence-corrected chi connectivity index (χ0v) is 7.12. The van der Waals surface area contributed by atoms with Crippen LogP contribution in [0, 0.1) is 0 Å². The van der Waals surface area contributed by atoms with E-state index in [0.29, 0.717) is 0 Å². The minimum atomic E-state index is 0.862. The number of benzene rings is 1. The van der Waals surface area contributed by atoms with Gasteiger partial charge in [-0.25, -0.2) is 0 Å². The molecule has 0 spiro atoms. The van der Waals surface area contributed by atoms with Crippen LogP contribution >= 0.6 is 0 Å². The van der Waals surface area contributed by atoms with E-state index < -0.39 is 0 Å². The summed E-state index contributed by atoms with van der Waals surface area (Å²) in [7, 11) is 1.71. The molecule has 1 rings (SSSR count). The van der Waals surface area contributed by atoms with Crippen molar-refractivity contribution in [3.8, 4) is 0 Å². The van der Waals surface area contributed by atoms with Gasteiger partial charge in [0.2, 0.25) is 0 Å². The molecule has 0 saturated carbocycles. The van der Waals surface area contributed by atoms with Gasteiger partial charge in [0, 0.05) is 12.7 Å². The molecule has 0 unspecified atom stereocenters. The van der Waals surface area contributed by atoms with E-state index in [1.165, 1.54) is 0 Å². The second-order valence-electron chi connectivity index (χ2n) is 2.38. The van der Waals surface area contributed by atoms with E-state index in [4.69, 9.17) is 0 Å². The fourth-order valence-corrected chi connectivity index (χ4v) is 0.865. The fraction of sp³-hybridized carbons (Fsp3) is 0.100. The zero-order valence-electron chi connectivity index (χ0n) is 7.12. The van der Waals surface area contributed by atoms with Crippen LogP contribution in [0.4, 0.5) is 0 Å². The molecule has 12 heavy (non-hydrogen) atoms. The summed E-state index contributed by atoms with van der Waals surface area (Å²) in [4.78, 5) is 3.80. The summed E-state index contributed by atoms with van der Waals surface area (Å²) in [6.45, 7) is 3.86. The highest BCUT2D eigenvalue weighted by Gasteiger charge is 1.92. The van der Waals surface area contributed by atoms with Gasteiger partial charge in [0.15, 0.2) is 0 Å². The fourth-order valence-electron chi connectivity index (χ4n) is 0.865. The van der Waals surface area contributed by atoms with Crippen LogP contribution in [0.3, 0.4) is 0 Å². The van der Waals surface area contributed by atoms with Gasteiger partial charge >= 0.3 is 0 Å². The van der Waals surface area contributed by atoms with Gasteiger partial charge in [0.25, 0.3) is 0 Å². The largest absolute Gasteiger partial charge is 0.347 e. The SMILES string of the molecule is C=C(N/C=N\C)c1ccccc1. The molecule has 0 heterocycles. The average Bonchev–Trinajstić information content (AvgIpc) is 2.15. The molecule has 0 aliphatic rings. The number of nitrogens with one attached hydrogen (secondary N) is 1. The lowest BCUT2D eigenvalue weighted by Gasteiger charge is -2.03. The molecule has 0 bridgehead atoms. The van der Waals surface area contributed by atoms with Crippen LogP contribution in [0.1, 0.15) is 5.56 Å². The summed E-state index contributed by atoms with van der Waals surface area (Å²) in [6, 6.07) is 9.93. The predicted octanol–water partition coefficient (Wildman–Crippen LogP) is 1.91. The Morgan fingerprint density at radius 3 is 2.67 bits per heavy atom. The average molecular weight is 160 g/mol. The number of hydrogen-bond acceptors (Lipinski definition) is 1. The highest BCUT2D eigenvalue weighted by atomic mass is 14.9. The Hall–Kier alpha value is -1.57. The van der Waals surface area contributed by atoms with Crippen LogP contribution in [0.25, 0.3) is 5.70 Å². The summed E-state index contributed by atoms with van der Waals surface area (Å²) < 4.78 is 0. The van der Waals surface area contributed by atoms with E-state index in [1.54, 1.807) is 13.4 Å². The van der Waals surface area contributed by atoms with Gasteiger partial charge in [-0.3, -0.25) is 4.99 Å². The molecule has 1 aromatic carbocycles. The topological polar surface area (TPSA) is 24.4 Å². The highest BCUT2D eigenvalue weighted by molar-refractivity contribution is 5.74. The van der Waals surface area contributed by atoms with Crippen LogP contribution in [0.2, 0.25) is 0 Å². The highest BCUT2D eigenvalue weighted by Crippen LogP contribution is 2.06. The lowest BCUT2D eigenvalue weighted by Crippen LogP contribution is -2.07. The molecule has 0 amide bonds. The normalized spacial score (nSPS) is 10.1. The third-order valence-electron chi connectivity index (χ3n) is 1.49. The second kappa shape index (κ2) is 4.34. The molecule has 0 fully saturated rings. The summed E-state index contributed by atoms with van der Waals surface area (Å²) in [5, 5.41) is 2.96. The van der Waals surface area contributed by atoms with Gasteiger partial charge in [-0.15, -0.1) is 0 Å². The first-order valence-corrected chi connectivity index (χ1v) is 3.76. The van der Waals surface area contributed by atoms with Gasteiger partial charge in [-0.05, 0) is 5.56 Å². The van der Waals surface area contributed by atoms with E-state index in [2.05, 4.69) is 16.9 Å². The molecular formula is C10H12N2. The third-order valence-corrected chi connectivity index (χ3v) is 1.49. The Labute approximate surface area is 72.6 Å². The van der Waals surface area contributed by atoms with Crippen LogP contribution < -0.4 is 5.32 Å². The molecular weight excluding hydrogens is 148 g/mol. The third kappa shape index (κ3) is 2.23. The first-order valence-electron chi connectivity index (χ1n) is 3.76. The minimum absolute atomic E-state index is 0.862. The van der Waals surface area contributed by atoms with Crippen molar-refractivity contribution in [2.45, 2.75) is 0 Å². The van der Waals surface area contributed by atoms with Crippen LogP contribution in [-0.2, 0) is 0 Å². The molecule has 0 atom stereocenters. The van der Waals surface area contributed by atoms with Crippen molar-refractivity contribution in [3.05, 3.63) is 42.5 Å². The quantitative estimate of drug-likeness (QED) is 0.530. The summed E-state index contributed by atoms with van der Waals surface area (Å²) >= 11 is 0. The molecule has 1 N–H and O–H groups in total. The Bertz CT molecular complexity index is 275. The molecule has 2 heteroatoms. The maximum absolute atomic E-state index is 3.86. The molecule has 2 nitrogen and oxygen atoms in total. The summed E-state index contributed by atoms with van der Waals surface area (Å²) in [6.07, 6.45) is 1.62. The van der Waals surface area contributed by atoms with Gasteiger partial charge in [0.1, 0.15) is 0 Å². The van der Waals surface area contributed by atoms with Gasteiger partial charge in [0.05, 0.1) is 6.34 Å². The molecule has 0 aromatic heterocycles. The Morgan fingerprint density at radius 1 is 1.42 bits per heavy atom. The maximum atomic E-state index is 3.86. The van der Waals surface area contributed by atoms with Crippen molar-refractivity contribution in [1.29, 1.82) is 0 Å². The molecule has 0 radical (unpaired) electrons. The number of hydrogen-bond donors (Lipinski definition) is 1. The second-order valence-corrected chi connectivity index (χ2v) is 2.38. The van der Waals surface area contributed by atoms with Crippen molar-refractivity contribution in [3.63, 3.8) is 0 Å². The van der Waals surface area contributed by atoms with Crippen molar-refractivity contribution >= 4 is 12.0 Å². The Balaban J connectivity index is 2.66. The van der Waals surface area contributed by atoms with E-state index in [0.717, 1.165) is 11.3 Å². The lowest BCUT2D eigenvalue weighted by molar-refractivity contribution is 1.30.